The van der Waals surface area contributed by atoms with Gasteiger partial charge in [-0.3, -0.25) is 0 Å². The molecule has 0 radical (unpaired) electrons. The van der Waals surface area contributed by atoms with Gasteiger partial charge in [-0.2, -0.15) is 0 Å². The summed E-state index contributed by atoms with van der Waals surface area (Å²) in [6.45, 7) is 4.01. The van der Waals surface area contributed by atoms with E-state index in [0.29, 0.717) is 5.69 Å². The van der Waals surface area contributed by atoms with E-state index in [2.05, 4.69) is 11.8 Å². The maximum absolute atomic E-state index is 11.7. The molecular weight excluding hydrogens is 260 g/mol. The summed E-state index contributed by atoms with van der Waals surface area (Å²) in [5, 5.41) is 0. The first-order valence-electron chi connectivity index (χ1n) is 6.77. The van der Waals surface area contributed by atoms with Crippen molar-refractivity contribution in [2.45, 2.75) is 31.1 Å². The van der Waals surface area contributed by atoms with Crippen LogP contribution >= 0.6 is 0 Å². The Bertz CT molecular complexity index is 551. The zero-order valence-electron chi connectivity index (χ0n) is 11.6. The third-order valence-electron chi connectivity index (χ3n) is 3.45. The Labute approximate surface area is 115 Å². The third-order valence-corrected chi connectivity index (χ3v) is 4.61. The largest absolute Gasteiger partial charge is 0.396 e. The molecule has 106 valence electrons. The number of anilines is 2. The lowest BCUT2D eigenvalue weighted by Gasteiger charge is -2.26. The van der Waals surface area contributed by atoms with E-state index < -0.39 is 9.84 Å². The molecule has 0 aliphatic heterocycles. The molecular formula is C14H22N2O2S. The molecule has 0 aromatic heterocycles. The lowest BCUT2D eigenvalue weighted by Crippen LogP contribution is -2.27. The van der Waals surface area contributed by atoms with Crippen LogP contribution in [0.1, 0.15) is 26.2 Å². The lowest BCUT2D eigenvalue weighted by atomic mass is 10.2. The summed E-state index contributed by atoms with van der Waals surface area (Å²) in [7, 11) is -3.27. The van der Waals surface area contributed by atoms with Crippen molar-refractivity contribution in [1.82, 2.24) is 0 Å². The molecule has 1 aromatic carbocycles. The van der Waals surface area contributed by atoms with Crippen molar-refractivity contribution in [3.8, 4) is 0 Å². The van der Waals surface area contributed by atoms with Crippen LogP contribution in [0.3, 0.4) is 0 Å². The summed E-state index contributed by atoms with van der Waals surface area (Å²) < 4.78 is 23.4. The van der Waals surface area contributed by atoms with Crippen LogP contribution in [0.2, 0.25) is 0 Å². The van der Waals surface area contributed by atoms with Gasteiger partial charge in [-0.1, -0.05) is 13.0 Å². The average molecular weight is 282 g/mol. The maximum atomic E-state index is 11.7. The summed E-state index contributed by atoms with van der Waals surface area (Å²) in [5.74, 6) is 0.743. The quantitative estimate of drug-likeness (QED) is 0.813. The highest BCUT2D eigenvalue weighted by molar-refractivity contribution is 7.90. The van der Waals surface area contributed by atoms with Crippen molar-refractivity contribution in [3.63, 3.8) is 0 Å². The van der Waals surface area contributed by atoms with Crippen LogP contribution in [-0.4, -0.2) is 27.8 Å². The van der Waals surface area contributed by atoms with Gasteiger partial charge in [0, 0.05) is 19.3 Å². The first-order chi connectivity index (χ1) is 8.93. The van der Waals surface area contributed by atoms with E-state index in [-0.39, 0.29) is 4.90 Å². The summed E-state index contributed by atoms with van der Waals surface area (Å²) in [4.78, 5) is 2.46. The lowest BCUT2D eigenvalue weighted by molar-refractivity contribution is 0.602. The molecule has 0 heterocycles. The van der Waals surface area contributed by atoms with E-state index in [1.165, 1.54) is 19.1 Å². The molecule has 1 saturated carbocycles. The molecule has 5 heteroatoms. The molecule has 0 amide bonds. The van der Waals surface area contributed by atoms with Gasteiger partial charge in [-0.15, -0.1) is 0 Å². The van der Waals surface area contributed by atoms with E-state index in [1.54, 1.807) is 12.1 Å². The highest BCUT2D eigenvalue weighted by Gasteiger charge is 2.26. The van der Waals surface area contributed by atoms with Crippen molar-refractivity contribution < 1.29 is 8.42 Å². The van der Waals surface area contributed by atoms with Crippen LogP contribution in [0.5, 0.6) is 0 Å². The Morgan fingerprint density at radius 3 is 2.58 bits per heavy atom. The molecule has 0 saturated heterocycles. The van der Waals surface area contributed by atoms with Crippen molar-refractivity contribution in [3.05, 3.63) is 18.2 Å². The van der Waals surface area contributed by atoms with E-state index in [0.717, 1.165) is 31.1 Å². The molecule has 4 nitrogen and oxygen atoms in total. The number of nitrogens with zero attached hydrogens (tertiary/aromatic N) is 1. The van der Waals surface area contributed by atoms with Gasteiger partial charge in [0.05, 0.1) is 16.3 Å². The highest BCUT2D eigenvalue weighted by Crippen LogP contribution is 2.35. The van der Waals surface area contributed by atoms with E-state index in [1.807, 2.05) is 6.07 Å². The number of nitrogen functional groups attached to an aromatic ring is 1. The number of benzene rings is 1. The Balaban J connectivity index is 2.35. The average Bonchev–Trinajstić information content (AvgIpc) is 3.11. The van der Waals surface area contributed by atoms with Gasteiger partial charge < -0.3 is 10.6 Å². The highest BCUT2D eigenvalue weighted by atomic mass is 32.2. The number of nitrogens with two attached hydrogens (primary N) is 1. The Morgan fingerprint density at radius 1 is 1.37 bits per heavy atom. The number of hydrogen-bond acceptors (Lipinski definition) is 4. The van der Waals surface area contributed by atoms with Crippen LogP contribution in [0.4, 0.5) is 11.4 Å². The van der Waals surface area contributed by atoms with Crippen LogP contribution in [0.15, 0.2) is 23.1 Å². The SMILES string of the molecule is CCCN(CC1CC1)c1cccc(S(C)(=O)=O)c1N. The van der Waals surface area contributed by atoms with Gasteiger partial charge in [0.25, 0.3) is 0 Å². The molecule has 2 rings (SSSR count). The summed E-state index contributed by atoms with van der Waals surface area (Å²) in [5.41, 5.74) is 7.32. The molecule has 1 aliphatic carbocycles. The maximum Gasteiger partial charge on any atom is 0.177 e. The minimum Gasteiger partial charge on any atom is -0.396 e. The monoisotopic (exact) mass is 282 g/mol. The zero-order chi connectivity index (χ0) is 14.0. The second-order valence-corrected chi connectivity index (χ2v) is 7.33. The van der Waals surface area contributed by atoms with E-state index in [9.17, 15) is 8.42 Å². The molecule has 2 N–H and O–H groups in total. The fraction of sp³-hybridized carbons (Fsp3) is 0.571. The zero-order valence-corrected chi connectivity index (χ0v) is 12.4. The van der Waals surface area contributed by atoms with Crippen LogP contribution in [0.25, 0.3) is 0 Å². The van der Waals surface area contributed by atoms with Crippen molar-refractivity contribution >= 4 is 21.2 Å². The molecule has 0 atom stereocenters. The smallest absolute Gasteiger partial charge is 0.177 e. The number of sulfone groups is 1. The summed E-state index contributed by atoms with van der Waals surface area (Å²) in [6, 6.07) is 5.27. The van der Waals surface area contributed by atoms with Crippen LogP contribution in [-0.2, 0) is 9.84 Å². The van der Waals surface area contributed by atoms with Crippen molar-refractivity contribution in [2.24, 2.45) is 5.92 Å². The molecule has 0 unspecified atom stereocenters. The van der Waals surface area contributed by atoms with Gasteiger partial charge in [0.15, 0.2) is 9.84 Å². The topological polar surface area (TPSA) is 63.4 Å². The Kier molecular flexibility index (Phi) is 4.04. The van der Waals surface area contributed by atoms with Gasteiger partial charge in [0.1, 0.15) is 0 Å². The molecule has 1 aromatic rings. The molecule has 0 bridgehead atoms. The third kappa shape index (κ3) is 3.41. The van der Waals surface area contributed by atoms with Crippen LogP contribution < -0.4 is 10.6 Å². The number of para-hydroxylation sites is 1. The summed E-state index contributed by atoms with van der Waals surface area (Å²) >= 11 is 0. The fourth-order valence-corrected chi connectivity index (χ4v) is 3.15. The number of hydrogen-bond donors (Lipinski definition) is 1. The second-order valence-electron chi connectivity index (χ2n) is 5.35. The summed E-state index contributed by atoms with van der Waals surface area (Å²) in [6.07, 6.45) is 4.76. The van der Waals surface area contributed by atoms with Crippen molar-refractivity contribution in [2.75, 3.05) is 30.0 Å². The van der Waals surface area contributed by atoms with Gasteiger partial charge in [0.2, 0.25) is 0 Å². The molecule has 0 spiro atoms. The van der Waals surface area contributed by atoms with Gasteiger partial charge >= 0.3 is 0 Å². The van der Waals surface area contributed by atoms with E-state index >= 15 is 0 Å². The first-order valence-corrected chi connectivity index (χ1v) is 8.66. The van der Waals surface area contributed by atoms with Gasteiger partial charge in [-0.05, 0) is 37.3 Å². The van der Waals surface area contributed by atoms with Crippen LogP contribution in [0, 0.1) is 5.92 Å². The predicted octanol–water partition coefficient (Wildman–Crippen LogP) is 2.30. The minimum atomic E-state index is -3.27. The van der Waals surface area contributed by atoms with E-state index in [4.69, 9.17) is 5.73 Å². The minimum absolute atomic E-state index is 0.238. The fourth-order valence-electron chi connectivity index (χ4n) is 2.32. The Hall–Kier alpha value is -1.23. The predicted molar refractivity (Wildman–Crippen MR) is 79.2 cm³/mol. The molecule has 1 aliphatic rings. The van der Waals surface area contributed by atoms with Crippen molar-refractivity contribution in [1.29, 1.82) is 0 Å². The second kappa shape index (κ2) is 5.41. The normalized spacial score (nSPS) is 15.5. The first kappa shape index (κ1) is 14.2. The molecule has 19 heavy (non-hydrogen) atoms. The molecule has 1 fully saturated rings. The van der Waals surface area contributed by atoms with Gasteiger partial charge in [-0.25, -0.2) is 8.42 Å². The number of rotatable bonds is 6. The Morgan fingerprint density at radius 2 is 2.05 bits per heavy atom. The standard InChI is InChI=1S/C14H22N2O2S/c1-3-9-16(10-11-7-8-11)12-5-4-6-13(14(12)15)19(2,17)18/h4-6,11H,3,7-10,15H2,1-2H3.